The van der Waals surface area contributed by atoms with Crippen LogP contribution in [-0.2, 0) is 33.0 Å². The molecule has 0 N–H and O–H groups in total. The van der Waals surface area contributed by atoms with E-state index in [-0.39, 0.29) is 51.9 Å². The lowest BCUT2D eigenvalue weighted by Crippen LogP contribution is -2.58. The first-order valence-electron chi connectivity index (χ1n) is 15.3. The molecule has 1 spiro atoms. The van der Waals surface area contributed by atoms with Crippen molar-refractivity contribution in [1.82, 2.24) is 0 Å². The first-order chi connectivity index (χ1) is 18.0. The quantitative estimate of drug-likeness (QED) is 0.252. The second-order valence-corrected chi connectivity index (χ2v) is 19.6. The Labute approximate surface area is 237 Å². The van der Waals surface area contributed by atoms with Gasteiger partial charge in [-0.15, -0.1) is 0 Å². The van der Waals surface area contributed by atoms with Gasteiger partial charge in [-0.05, 0) is 74.4 Å². The second-order valence-electron chi connectivity index (χ2n) is 14.8. The lowest BCUT2D eigenvalue weighted by molar-refractivity contribution is -0.252. The summed E-state index contributed by atoms with van der Waals surface area (Å²) in [6.07, 6.45) is 7.56. The maximum absolute atomic E-state index is 12.5. The molecule has 4 aliphatic rings. The van der Waals surface area contributed by atoms with Gasteiger partial charge in [0.1, 0.15) is 6.10 Å². The average Bonchev–Trinajstić information content (AvgIpc) is 3.41. The van der Waals surface area contributed by atoms with Crippen molar-refractivity contribution in [2.75, 3.05) is 19.8 Å². The summed E-state index contributed by atoms with van der Waals surface area (Å²) in [5.74, 6) is -0.260. The van der Waals surface area contributed by atoms with Crippen LogP contribution < -0.4 is 0 Å². The van der Waals surface area contributed by atoms with Crippen LogP contribution in [0.5, 0.6) is 0 Å². The fraction of sp³-hybridized carbons (Fsp3) is 0.935. The molecule has 1 heterocycles. The van der Waals surface area contributed by atoms with Crippen LogP contribution in [0.2, 0.25) is 18.1 Å². The summed E-state index contributed by atoms with van der Waals surface area (Å²) in [5.41, 5.74) is -0.228. The monoisotopic (exact) mass is 566 g/mol. The third-order valence-electron chi connectivity index (χ3n) is 11.7. The van der Waals surface area contributed by atoms with Gasteiger partial charge in [0, 0.05) is 43.6 Å². The number of hydrogen-bond acceptors (Lipinski definition) is 7. The highest BCUT2D eigenvalue weighted by molar-refractivity contribution is 6.74. The van der Waals surface area contributed by atoms with Crippen LogP contribution >= 0.6 is 0 Å². The molecule has 3 saturated carbocycles. The normalized spacial score (nSPS) is 38.4. The first-order valence-corrected chi connectivity index (χ1v) is 18.2. The number of fused-ring (bicyclic) bond motifs is 2. The van der Waals surface area contributed by atoms with Crippen LogP contribution in [0.15, 0.2) is 0 Å². The molecule has 3 aliphatic carbocycles. The predicted molar refractivity (Wildman–Crippen MR) is 153 cm³/mol. The van der Waals surface area contributed by atoms with Gasteiger partial charge in [-0.3, -0.25) is 9.59 Å². The topological polar surface area (TPSA) is 80.3 Å². The van der Waals surface area contributed by atoms with Crippen molar-refractivity contribution >= 4 is 20.3 Å². The minimum absolute atomic E-state index is 0.0535. The Morgan fingerprint density at radius 1 is 0.923 bits per heavy atom. The lowest BCUT2D eigenvalue weighted by Gasteiger charge is -2.58. The largest absolute Gasteiger partial charge is 0.466 e. The Kier molecular flexibility index (Phi) is 8.76. The molecule has 0 bridgehead atoms. The van der Waals surface area contributed by atoms with E-state index in [9.17, 15) is 9.59 Å². The van der Waals surface area contributed by atoms with Gasteiger partial charge in [-0.2, -0.15) is 0 Å². The number of esters is 2. The molecule has 1 aliphatic heterocycles. The summed E-state index contributed by atoms with van der Waals surface area (Å²) in [4.78, 5) is 24.2. The van der Waals surface area contributed by atoms with Crippen molar-refractivity contribution < 1.29 is 33.0 Å². The van der Waals surface area contributed by atoms with Crippen LogP contribution in [0.4, 0.5) is 0 Å². The van der Waals surface area contributed by atoms with E-state index in [0.29, 0.717) is 25.7 Å². The van der Waals surface area contributed by atoms with Crippen molar-refractivity contribution in [3.63, 3.8) is 0 Å². The number of ether oxygens (including phenoxy) is 4. The van der Waals surface area contributed by atoms with Crippen LogP contribution in [0.1, 0.15) is 99.8 Å². The number of carbonyl (C=O) groups is 2. The molecule has 0 aromatic heterocycles. The molecule has 39 heavy (non-hydrogen) atoms. The van der Waals surface area contributed by atoms with E-state index in [1.54, 1.807) is 6.92 Å². The smallest absolute Gasteiger partial charge is 0.302 e. The van der Waals surface area contributed by atoms with Gasteiger partial charge < -0.3 is 23.4 Å². The fourth-order valence-electron chi connectivity index (χ4n) is 8.39. The Hall–Kier alpha value is -0.963. The first kappa shape index (κ1) is 31.0. The maximum atomic E-state index is 12.5. The molecule has 7 atom stereocenters. The highest BCUT2D eigenvalue weighted by Gasteiger charge is 2.67. The predicted octanol–water partition coefficient (Wildman–Crippen LogP) is 6.64. The standard InChI is InChI=1S/C31H54O7Si/c1-21(32)34-17-13-23-20-24(38-39(8,9)28(3,4)5)10-14-29(23,6)25-11-15-30(7)26(27(25)37-22(2)33)12-16-31(30)35-18-19-36-31/h23-27H,10-20H2,1-9H3/t23-,24-,25?,26?,27+,29-,30-/m0/s1. The summed E-state index contributed by atoms with van der Waals surface area (Å²) in [6.45, 7) is 20.9. The molecule has 224 valence electrons. The fourth-order valence-corrected chi connectivity index (χ4v) is 9.79. The third kappa shape index (κ3) is 5.74. The third-order valence-corrected chi connectivity index (χ3v) is 16.2. The average molecular weight is 567 g/mol. The number of rotatable bonds is 7. The van der Waals surface area contributed by atoms with Crippen molar-refractivity contribution in [2.24, 2.45) is 28.6 Å². The van der Waals surface area contributed by atoms with E-state index in [4.69, 9.17) is 23.4 Å². The van der Waals surface area contributed by atoms with E-state index < -0.39 is 14.1 Å². The SMILES string of the molecule is CC(=O)OCC[C@H]1C[C@@H](O[Si](C)(C)C(C)(C)C)CC[C@]1(C)C1CC[C@@]2(C)C(CCC23OCCO3)[C@@H]1OC(C)=O. The van der Waals surface area contributed by atoms with E-state index in [1.807, 2.05) is 0 Å². The molecular formula is C31H54O7Si. The van der Waals surface area contributed by atoms with Gasteiger partial charge in [-0.1, -0.05) is 34.6 Å². The van der Waals surface area contributed by atoms with E-state index in [1.165, 1.54) is 6.92 Å². The highest BCUT2D eigenvalue weighted by atomic mass is 28.4. The zero-order valence-electron chi connectivity index (χ0n) is 26.0. The summed E-state index contributed by atoms with van der Waals surface area (Å²) in [7, 11) is -1.92. The summed E-state index contributed by atoms with van der Waals surface area (Å²) < 4.78 is 31.3. The highest BCUT2D eigenvalue weighted by Crippen LogP contribution is 2.65. The van der Waals surface area contributed by atoms with Gasteiger partial charge in [0.2, 0.25) is 0 Å². The molecule has 4 rings (SSSR count). The summed E-state index contributed by atoms with van der Waals surface area (Å²) in [5, 5.41) is 0.151. The van der Waals surface area contributed by atoms with Crippen LogP contribution in [0.3, 0.4) is 0 Å². The zero-order valence-corrected chi connectivity index (χ0v) is 27.0. The molecule has 0 amide bonds. The second kappa shape index (κ2) is 11.0. The zero-order chi connectivity index (χ0) is 28.9. The van der Waals surface area contributed by atoms with Crippen molar-refractivity contribution in [3.8, 4) is 0 Å². The van der Waals surface area contributed by atoms with Gasteiger partial charge in [0.25, 0.3) is 0 Å². The van der Waals surface area contributed by atoms with Gasteiger partial charge in [0.05, 0.1) is 19.8 Å². The molecule has 1 saturated heterocycles. The van der Waals surface area contributed by atoms with E-state index >= 15 is 0 Å². The van der Waals surface area contributed by atoms with Gasteiger partial charge in [0.15, 0.2) is 14.1 Å². The molecule has 0 aromatic carbocycles. The molecule has 8 heteroatoms. The van der Waals surface area contributed by atoms with Gasteiger partial charge in [-0.25, -0.2) is 0 Å². The van der Waals surface area contributed by atoms with E-state index in [0.717, 1.165) is 51.4 Å². The van der Waals surface area contributed by atoms with Crippen molar-refractivity contribution in [3.05, 3.63) is 0 Å². The lowest BCUT2D eigenvalue weighted by atomic mass is 9.51. The molecule has 0 aromatic rings. The molecule has 0 radical (unpaired) electrons. The van der Waals surface area contributed by atoms with E-state index in [2.05, 4.69) is 47.7 Å². The van der Waals surface area contributed by atoms with Crippen molar-refractivity contribution in [1.29, 1.82) is 0 Å². The maximum Gasteiger partial charge on any atom is 0.302 e. The Bertz CT molecular complexity index is 907. The van der Waals surface area contributed by atoms with Crippen LogP contribution in [0, 0.1) is 28.6 Å². The minimum Gasteiger partial charge on any atom is -0.466 e. The summed E-state index contributed by atoms with van der Waals surface area (Å²) in [6, 6.07) is 0. The Morgan fingerprint density at radius 2 is 1.56 bits per heavy atom. The molecule has 2 unspecified atom stereocenters. The van der Waals surface area contributed by atoms with Gasteiger partial charge >= 0.3 is 11.9 Å². The minimum atomic E-state index is -1.92. The van der Waals surface area contributed by atoms with Crippen LogP contribution in [0.25, 0.3) is 0 Å². The Balaban J connectivity index is 1.61. The van der Waals surface area contributed by atoms with Crippen molar-refractivity contribution in [2.45, 2.75) is 136 Å². The number of hydrogen-bond donors (Lipinski definition) is 0. The Morgan fingerprint density at radius 3 is 2.15 bits per heavy atom. The molecule has 7 nitrogen and oxygen atoms in total. The number of carbonyl (C=O) groups excluding carboxylic acids is 2. The van der Waals surface area contributed by atoms with Crippen LogP contribution in [-0.4, -0.2) is 58.1 Å². The summed E-state index contributed by atoms with van der Waals surface area (Å²) >= 11 is 0. The molecular weight excluding hydrogens is 512 g/mol. The molecule has 4 fully saturated rings.